The lowest BCUT2D eigenvalue weighted by atomic mass is 9.78. The standard InChI is InChI=1S/C8H16O3/c1-3-8(4-5-9)6-11-7(8)10-2/h7,9H,3-6H2,1-2H3. The highest BCUT2D eigenvalue weighted by Crippen LogP contribution is 2.41. The van der Waals surface area contributed by atoms with Crippen LogP contribution in [0.5, 0.6) is 0 Å². The molecule has 1 saturated heterocycles. The molecule has 66 valence electrons. The molecule has 2 unspecified atom stereocenters. The molecule has 0 aliphatic carbocycles. The Bertz CT molecular complexity index is 121. The average molecular weight is 160 g/mol. The van der Waals surface area contributed by atoms with Gasteiger partial charge in [0.15, 0.2) is 6.29 Å². The molecule has 1 fully saturated rings. The van der Waals surface area contributed by atoms with Crippen LogP contribution in [0.3, 0.4) is 0 Å². The normalized spacial score (nSPS) is 36.8. The van der Waals surface area contributed by atoms with E-state index in [-0.39, 0.29) is 18.3 Å². The molecule has 0 saturated carbocycles. The highest BCUT2D eigenvalue weighted by atomic mass is 16.7. The van der Waals surface area contributed by atoms with Gasteiger partial charge in [0.1, 0.15) is 0 Å². The zero-order chi connectivity index (χ0) is 8.32. The first-order valence-electron chi connectivity index (χ1n) is 4.04. The summed E-state index contributed by atoms with van der Waals surface area (Å²) in [7, 11) is 1.64. The molecule has 0 bridgehead atoms. The predicted octanol–water partition coefficient (Wildman–Crippen LogP) is 0.768. The summed E-state index contributed by atoms with van der Waals surface area (Å²) in [5.41, 5.74) is 0.0868. The van der Waals surface area contributed by atoms with Crippen molar-refractivity contribution in [1.82, 2.24) is 0 Å². The first-order valence-corrected chi connectivity index (χ1v) is 4.04. The molecule has 1 aliphatic rings. The summed E-state index contributed by atoms with van der Waals surface area (Å²) < 4.78 is 10.3. The van der Waals surface area contributed by atoms with Crippen molar-refractivity contribution in [1.29, 1.82) is 0 Å². The minimum atomic E-state index is -0.0975. The minimum Gasteiger partial charge on any atom is -0.396 e. The van der Waals surface area contributed by atoms with Crippen molar-refractivity contribution in [3.05, 3.63) is 0 Å². The van der Waals surface area contributed by atoms with Crippen LogP contribution >= 0.6 is 0 Å². The molecule has 3 heteroatoms. The number of methoxy groups -OCH3 is 1. The van der Waals surface area contributed by atoms with Gasteiger partial charge in [-0.2, -0.15) is 0 Å². The van der Waals surface area contributed by atoms with E-state index in [4.69, 9.17) is 14.6 Å². The van der Waals surface area contributed by atoms with Crippen LogP contribution in [0.4, 0.5) is 0 Å². The number of hydrogen-bond donors (Lipinski definition) is 1. The fourth-order valence-electron chi connectivity index (χ4n) is 1.56. The third kappa shape index (κ3) is 1.41. The summed E-state index contributed by atoms with van der Waals surface area (Å²) in [6.07, 6.45) is 1.69. The third-order valence-electron chi connectivity index (χ3n) is 2.55. The van der Waals surface area contributed by atoms with Gasteiger partial charge in [-0.15, -0.1) is 0 Å². The van der Waals surface area contributed by atoms with Crippen molar-refractivity contribution in [3.8, 4) is 0 Å². The summed E-state index contributed by atoms with van der Waals surface area (Å²) >= 11 is 0. The van der Waals surface area contributed by atoms with Gasteiger partial charge in [-0.25, -0.2) is 0 Å². The van der Waals surface area contributed by atoms with E-state index in [1.54, 1.807) is 7.11 Å². The Labute approximate surface area is 67.3 Å². The van der Waals surface area contributed by atoms with Crippen molar-refractivity contribution in [2.24, 2.45) is 5.41 Å². The zero-order valence-corrected chi connectivity index (χ0v) is 7.17. The lowest BCUT2D eigenvalue weighted by Crippen LogP contribution is -2.52. The maximum atomic E-state index is 8.80. The quantitative estimate of drug-likeness (QED) is 0.660. The van der Waals surface area contributed by atoms with Crippen molar-refractivity contribution in [2.75, 3.05) is 20.3 Å². The van der Waals surface area contributed by atoms with Gasteiger partial charge in [0.05, 0.1) is 6.61 Å². The average Bonchev–Trinajstić information content (AvgIpc) is 1.99. The monoisotopic (exact) mass is 160 g/mol. The molecule has 0 amide bonds. The van der Waals surface area contributed by atoms with E-state index in [9.17, 15) is 0 Å². The van der Waals surface area contributed by atoms with Crippen molar-refractivity contribution >= 4 is 0 Å². The van der Waals surface area contributed by atoms with E-state index >= 15 is 0 Å². The van der Waals surface area contributed by atoms with Gasteiger partial charge in [-0.1, -0.05) is 6.92 Å². The molecule has 0 aromatic heterocycles. The van der Waals surface area contributed by atoms with Gasteiger partial charge >= 0.3 is 0 Å². The fraction of sp³-hybridized carbons (Fsp3) is 1.00. The van der Waals surface area contributed by atoms with Crippen LogP contribution < -0.4 is 0 Å². The maximum absolute atomic E-state index is 8.80. The van der Waals surface area contributed by atoms with E-state index in [1.807, 2.05) is 0 Å². The van der Waals surface area contributed by atoms with Gasteiger partial charge < -0.3 is 14.6 Å². The van der Waals surface area contributed by atoms with Crippen molar-refractivity contribution in [3.63, 3.8) is 0 Å². The molecule has 1 aliphatic heterocycles. The second-order valence-corrected chi connectivity index (χ2v) is 3.07. The molecule has 1 N–H and O–H groups in total. The Morgan fingerprint density at radius 1 is 1.73 bits per heavy atom. The number of hydrogen-bond acceptors (Lipinski definition) is 3. The Morgan fingerprint density at radius 3 is 2.73 bits per heavy atom. The molecular formula is C8H16O3. The summed E-state index contributed by atoms with van der Waals surface area (Å²) in [5.74, 6) is 0. The Hall–Kier alpha value is -0.120. The van der Waals surface area contributed by atoms with Crippen molar-refractivity contribution in [2.45, 2.75) is 26.1 Å². The predicted molar refractivity (Wildman–Crippen MR) is 41.2 cm³/mol. The van der Waals surface area contributed by atoms with Crippen LogP contribution in [-0.2, 0) is 9.47 Å². The number of aliphatic hydroxyl groups is 1. The number of aliphatic hydroxyl groups excluding tert-OH is 1. The Morgan fingerprint density at radius 2 is 2.45 bits per heavy atom. The Balaban J connectivity index is 2.46. The summed E-state index contributed by atoms with van der Waals surface area (Å²) in [5, 5.41) is 8.80. The zero-order valence-electron chi connectivity index (χ0n) is 7.17. The molecule has 11 heavy (non-hydrogen) atoms. The molecule has 2 atom stereocenters. The second-order valence-electron chi connectivity index (χ2n) is 3.07. The van der Waals surface area contributed by atoms with E-state index in [0.717, 1.165) is 19.4 Å². The lowest BCUT2D eigenvalue weighted by molar-refractivity contribution is -0.304. The molecule has 1 heterocycles. The smallest absolute Gasteiger partial charge is 0.165 e. The summed E-state index contributed by atoms with van der Waals surface area (Å²) in [4.78, 5) is 0. The van der Waals surface area contributed by atoms with E-state index in [1.165, 1.54) is 0 Å². The van der Waals surface area contributed by atoms with Gasteiger partial charge in [-0.05, 0) is 12.8 Å². The fourth-order valence-corrected chi connectivity index (χ4v) is 1.56. The van der Waals surface area contributed by atoms with Gasteiger partial charge in [0.25, 0.3) is 0 Å². The number of ether oxygens (including phenoxy) is 2. The first kappa shape index (κ1) is 8.97. The topological polar surface area (TPSA) is 38.7 Å². The molecule has 1 rings (SSSR count). The van der Waals surface area contributed by atoms with Crippen molar-refractivity contribution < 1.29 is 14.6 Å². The largest absolute Gasteiger partial charge is 0.396 e. The minimum absolute atomic E-state index is 0.0868. The van der Waals surface area contributed by atoms with Crippen LogP contribution in [0.25, 0.3) is 0 Å². The molecule has 0 spiro atoms. The van der Waals surface area contributed by atoms with Gasteiger partial charge in [-0.3, -0.25) is 0 Å². The maximum Gasteiger partial charge on any atom is 0.165 e. The van der Waals surface area contributed by atoms with Gasteiger partial charge in [0, 0.05) is 19.1 Å². The van der Waals surface area contributed by atoms with Crippen LogP contribution in [-0.4, -0.2) is 31.7 Å². The SMILES string of the molecule is CCC1(CCO)COC1OC. The van der Waals surface area contributed by atoms with Crippen LogP contribution in [0, 0.1) is 5.41 Å². The highest BCUT2D eigenvalue weighted by molar-refractivity contribution is 4.88. The van der Waals surface area contributed by atoms with E-state index in [2.05, 4.69) is 6.92 Å². The molecular weight excluding hydrogens is 144 g/mol. The van der Waals surface area contributed by atoms with Crippen LogP contribution in [0.15, 0.2) is 0 Å². The summed E-state index contributed by atoms with van der Waals surface area (Å²) in [6, 6.07) is 0. The molecule has 0 radical (unpaired) electrons. The summed E-state index contributed by atoms with van der Waals surface area (Å²) in [6.45, 7) is 3.05. The lowest BCUT2D eigenvalue weighted by Gasteiger charge is -2.47. The van der Waals surface area contributed by atoms with E-state index < -0.39 is 0 Å². The first-order chi connectivity index (χ1) is 5.29. The van der Waals surface area contributed by atoms with Crippen LogP contribution in [0.1, 0.15) is 19.8 Å². The van der Waals surface area contributed by atoms with E-state index in [0.29, 0.717) is 0 Å². The Kier molecular flexibility index (Phi) is 2.87. The van der Waals surface area contributed by atoms with Gasteiger partial charge in [0.2, 0.25) is 0 Å². The van der Waals surface area contributed by atoms with Crippen LogP contribution in [0.2, 0.25) is 0 Å². The third-order valence-corrected chi connectivity index (χ3v) is 2.55. The molecule has 3 nitrogen and oxygen atoms in total. The number of rotatable bonds is 4. The molecule has 0 aromatic carbocycles. The molecule has 0 aromatic rings. The highest BCUT2D eigenvalue weighted by Gasteiger charge is 2.46. The second kappa shape index (κ2) is 3.52.